The zero-order chi connectivity index (χ0) is 11.9. The molecular weight excluding hydrogens is 208 g/mol. The summed E-state index contributed by atoms with van der Waals surface area (Å²) in [6.45, 7) is 3.69. The van der Waals surface area contributed by atoms with Crippen molar-refractivity contribution in [3.05, 3.63) is 29.0 Å². The summed E-state index contributed by atoms with van der Waals surface area (Å²) in [7, 11) is 1.55. The number of aryl methyl sites for hydroxylation is 2. The molecule has 1 heterocycles. The van der Waals surface area contributed by atoms with Crippen LogP contribution in [0.15, 0.2) is 16.5 Å². The summed E-state index contributed by atoms with van der Waals surface area (Å²) in [5, 5.41) is 9.78. The van der Waals surface area contributed by atoms with Crippen LogP contribution >= 0.6 is 0 Å². The van der Waals surface area contributed by atoms with E-state index in [0.717, 1.165) is 10.9 Å². The third-order valence-corrected chi connectivity index (χ3v) is 2.73. The van der Waals surface area contributed by atoms with Crippen LogP contribution in [0.3, 0.4) is 0 Å². The number of hydrogen-bond donors (Lipinski definition) is 1. The Bertz CT molecular complexity index is 566. The van der Waals surface area contributed by atoms with Gasteiger partial charge in [-0.05, 0) is 26.0 Å². The second-order valence-corrected chi connectivity index (χ2v) is 3.61. The minimum Gasteiger partial charge on any atom is -0.496 e. The molecule has 0 unspecified atom stereocenters. The Morgan fingerprint density at radius 2 is 2.06 bits per heavy atom. The fourth-order valence-electron chi connectivity index (χ4n) is 1.77. The SMILES string of the molecule is COc1ccc(C(=O)O)c2oc(C)c(C)c12. The first-order valence-corrected chi connectivity index (χ1v) is 4.86. The number of carboxylic acids is 1. The summed E-state index contributed by atoms with van der Waals surface area (Å²) < 4.78 is 10.7. The van der Waals surface area contributed by atoms with Crippen LogP contribution in [0.25, 0.3) is 11.0 Å². The molecule has 0 bridgehead atoms. The quantitative estimate of drug-likeness (QED) is 0.845. The van der Waals surface area contributed by atoms with E-state index in [2.05, 4.69) is 0 Å². The number of methoxy groups -OCH3 is 1. The highest BCUT2D eigenvalue weighted by atomic mass is 16.5. The smallest absolute Gasteiger partial charge is 0.339 e. The molecule has 2 aromatic rings. The molecule has 1 aromatic heterocycles. The normalized spacial score (nSPS) is 10.7. The van der Waals surface area contributed by atoms with Gasteiger partial charge >= 0.3 is 5.97 Å². The van der Waals surface area contributed by atoms with Gasteiger partial charge in [-0.25, -0.2) is 4.79 Å². The topological polar surface area (TPSA) is 59.7 Å². The highest BCUT2D eigenvalue weighted by Crippen LogP contribution is 2.34. The van der Waals surface area contributed by atoms with Gasteiger partial charge in [-0.15, -0.1) is 0 Å². The van der Waals surface area contributed by atoms with Gasteiger partial charge in [0.25, 0.3) is 0 Å². The van der Waals surface area contributed by atoms with Gasteiger partial charge in [-0.3, -0.25) is 0 Å². The number of furan rings is 1. The molecule has 0 saturated carbocycles. The average molecular weight is 220 g/mol. The lowest BCUT2D eigenvalue weighted by Crippen LogP contribution is -1.97. The van der Waals surface area contributed by atoms with Crippen LogP contribution < -0.4 is 4.74 Å². The fourth-order valence-corrected chi connectivity index (χ4v) is 1.77. The van der Waals surface area contributed by atoms with Crippen molar-refractivity contribution in [2.75, 3.05) is 7.11 Å². The maximum atomic E-state index is 11.0. The lowest BCUT2D eigenvalue weighted by atomic mass is 10.1. The summed E-state index contributed by atoms with van der Waals surface area (Å²) in [6, 6.07) is 3.14. The third-order valence-electron chi connectivity index (χ3n) is 2.73. The zero-order valence-corrected chi connectivity index (χ0v) is 9.33. The van der Waals surface area contributed by atoms with Crippen molar-refractivity contribution in [1.82, 2.24) is 0 Å². The summed E-state index contributed by atoms with van der Waals surface area (Å²) in [5.74, 6) is 0.345. The number of benzene rings is 1. The molecule has 0 amide bonds. The highest BCUT2D eigenvalue weighted by molar-refractivity contribution is 6.04. The number of ether oxygens (including phenoxy) is 1. The van der Waals surface area contributed by atoms with Crippen LogP contribution in [0, 0.1) is 13.8 Å². The van der Waals surface area contributed by atoms with Gasteiger partial charge in [0.05, 0.1) is 12.5 Å². The monoisotopic (exact) mass is 220 g/mol. The molecule has 0 aliphatic carbocycles. The molecule has 0 aliphatic rings. The lowest BCUT2D eigenvalue weighted by molar-refractivity contribution is 0.0698. The Labute approximate surface area is 92.4 Å². The molecule has 0 radical (unpaired) electrons. The molecule has 0 saturated heterocycles. The molecule has 0 spiro atoms. The first-order valence-electron chi connectivity index (χ1n) is 4.86. The Morgan fingerprint density at radius 3 is 2.62 bits per heavy atom. The van der Waals surface area contributed by atoms with Crippen LogP contribution in [0.2, 0.25) is 0 Å². The number of aromatic carboxylic acids is 1. The first-order chi connectivity index (χ1) is 7.56. The molecule has 0 fully saturated rings. The van der Waals surface area contributed by atoms with E-state index < -0.39 is 5.97 Å². The van der Waals surface area contributed by atoms with Crippen molar-refractivity contribution in [3.8, 4) is 5.75 Å². The van der Waals surface area contributed by atoms with E-state index >= 15 is 0 Å². The van der Waals surface area contributed by atoms with E-state index in [-0.39, 0.29) is 5.56 Å². The maximum Gasteiger partial charge on any atom is 0.339 e. The van der Waals surface area contributed by atoms with Crippen molar-refractivity contribution in [3.63, 3.8) is 0 Å². The second-order valence-electron chi connectivity index (χ2n) is 3.61. The zero-order valence-electron chi connectivity index (χ0n) is 9.33. The lowest BCUT2D eigenvalue weighted by Gasteiger charge is -2.03. The Balaban J connectivity index is 2.91. The minimum absolute atomic E-state index is 0.159. The molecule has 0 atom stereocenters. The first kappa shape index (κ1) is 10.5. The van der Waals surface area contributed by atoms with Crippen molar-refractivity contribution >= 4 is 16.9 Å². The van der Waals surface area contributed by atoms with Gasteiger partial charge in [0.2, 0.25) is 0 Å². The number of fused-ring (bicyclic) bond motifs is 1. The Kier molecular flexibility index (Phi) is 2.34. The molecule has 1 aromatic carbocycles. The van der Waals surface area contributed by atoms with E-state index in [9.17, 15) is 4.79 Å². The van der Waals surface area contributed by atoms with E-state index in [0.29, 0.717) is 17.1 Å². The molecule has 2 rings (SSSR count). The molecule has 1 N–H and O–H groups in total. The predicted octanol–water partition coefficient (Wildman–Crippen LogP) is 2.76. The van der Waals surface area contributed by atoms with E-state index in [1.165, 1.54) is 6.07 Å². The Hall–Kier alpha value is -1.97. The number of rotatable bonds is 2. The fraction of sp³-hybridized carbons (Fsp3) is 0.250. The average Bonchev–Trinajstić information content (AvgIpc) is 2.54. The number of carboxylic acid groups (broad SMARTS) is 1. The van der Waals surface area contributed by atoms with Crippen LogP contribution in [-0.4, -0.2) is 18.2 Å². The summed E-state index contributed by atoms with van der Waals surface area (Å²) >= 11 is 0. The standard InChI is InChI=1S/C12H12O4/c1-6-7(2)16-11-8(12(13)14)4-5-9(15-3)10(6)11/h4-5H,1-3H3,(H,13,14). The van der Waals surface area contributed by atoms with Gasteiger partial charge < -0.3 is 14.3 Å². The minimum atomic E-state index is -0.999. The van der Waals surface area contributed by atoms with Crippen molar-refractivity contribution in [1.29, 1.82) is 0 Å². The molecular formula is C12H12O4. The summed E-state index contributed by atoms with van der Waals surface area (Å²) in [5.41, 5.74) is 1.45. The second kappa shape index (κ2) is 3.56. The summed E-state index contributed by atoms with van der Waals surface area (Å²) in [4.78, 5) is 11.0. The molecule has 4 nitrogen and oxygen atoms in total. The van der Waals surface area contributed by atoms with Crippen molar-refractivity contribution in [2.24, 2.45) is 0 Å². The molecule has 0 aliphatic heterocycles. The number of hydrogen-bond acceptors (Lipinski definition) is 3. The summed E-state index contributed by atoms with van der Waals surface area (Å²) in [6.07, 6.45) is 0. The van der Waals surface area contributed by atoms with Crippen LogP contribution in [-0.2, 0) is 0 Å². The maximum absolute atomic E-state index is 11.0. The number of carbonyl (C=O) groups is 1. The van der Waals surface area contributed by atoms with Crippen molar-refractivity contribution < 1.29 is 19.1 Å². The largest absolute Gasteiger partial charge is 0.496 e. The van der Waals surface area contributed by atoms with Crippen LogP contribution in [0.4, 0.5) is 0 Å². The molecule has 4 heteroatoms. The van der Waals surface area contributed by atoms with Gasteiger partial charge in [0, 0.05) is 5.56 Å². The van der Waals surface area contributed by atoms with E-state index in [4.69, 9.17) is 14.3 Å². The highest BCUT2D eigenvalue weighted by Gasteiger charge is 2.18. The Morgan fingerprint density at radius 1 is 1.38 bits per heavy atom. The van der Waals surface area contributed by atoms with Gasteiger partial charge in [0.1, 0.15) is 17.1 Å². The van der Waals surface area contributed by atoms with Gasteiger partial charge in [-0.2, -0.15) is 0 Å². The van der Waals surface area contributed by atoms with Crippen LogP contribution in [0.5, 0.6) is 5.75 Å². The van der Waals surface area contributed by atoms with Gasteiger partial charge in [-0.1, -0.05) is 0 Å². The predicted molar refractivity (Wildman–Crippen MR) is 59.2 cm³/mol. The van der Waals surface area contributed by atoms with Gasteiger partial charge in [0.15, 0.2) is 5.58 Å². The van der Waals surface area contributed by atoms with E-state index in [1.54, 1.807) is 20.1 Å². The third kappa shape index (κ3) is 1.34. The van der Waals surface area contributed by atoms with Crippen molar-refractivity contribution in [2.45, 2.75) is 13.8 Å². The molecule has 16 heavy (non-hydrogen) atoms. The van der Waals surface area contributed by atoms with E-state index in [1.807, 2.05) is 6.92 Å². The molecule has 84 valence electrons. The van der Waals surface area contributed by atoms with Crippen LogP contribution in [0.1, 0.15) is 21.7 Å².